The lowest BCUT2D eigenvalue weighted by atomic mass is 9.89. The summed E-state index contributed by atoms with van der Waals surface area (Å²) < 4.78 is 5.10. The van der Waals surface area contributed by atoms with Crippen LogP contribution in [-0.2, 0) is 22.4 Å². The van der Waals surface area contributed by atoms with Gasteiger partial charge < -0.3 is 4.74 Å². The molecule has 0 aromatic carbocycles. The normalized spacial score (nSPS) is 19.0. The average molecular weight is 336 g/mol. The molecule has 118 valence electrons. The number of thioether (sulfide) groups is 1. The Hall–Kier alpha value is -1.14. The summed E-state index contributed by atoms with van der Waals surface area (Å²) in [6, 6.07) is 0. The Bertz CT molecular complexity index is 699. The van der Waals surface area contributed by atoms with Gasteiger partial charge in [0.25, 0.3) is 0 Å². The molecule has 4 nitrogen and oxygen atoms in total. The van der Waals surface area contributed by atoms with Gasteiger partial charge in [0.05, 0.1) is 6.61 Å². The maximum atomic E-state index is 11.9. The molecule has 0 fully saturated rings. The zero-order valence-corrected chi connectivity index (χ0v) is 14.7. The van der Waals surface area contributed by atoms with E-state index in [4.69, 9.17) is 4.74 Å². The van der Waals surface area contributed by atoms with Crippen molar-refractivity contribution >= 4 is 39.3 Å². The van der Waals surface area contributed by atoms with E-state index < -0.39 is 0 Å². The number of esters is 1. The van der Waals surface area contributed by atoms with E-state index >= 15 is 0 Å². The second-order valence-corrected chi connectivity index (χ2v) is 8.14. The number of ether oxygens (including phenoxy) is 1. The molecule has 3 rings (SSSR count). The van der Waals surface area contributed by atoms with E-state index in [2.05, 4.69) is 16.9 Å². The van der Waals surface area contributed by atoms with Crippen molar-refractivity contribution in [3.63, 3.8) is 0 Å². The van der Waals surface area contributed by atoms with Crippen molar-refractivity contribution in [1.29, 1.82) is 0 Å². The molecule has 0 amide bonds. The Morgan fingerprint density at radius 1 is 1.55 bits per heavy atom. The van der Waals surface area contributed by atoms with Crippen molar-refractivity contribution < 1.29 is 9.53 Å². The lowest BCUT2D eigenvalue weighted by Crippen LogP contribution is -2.17. The lowest BCUT2D eigenvalue weighted by molar-refractivity contribution is -0.142. The standard InChI is InChI=1S/C16H20N2O2S2/c1-4-20-16(19)10(3)21-14-13-11-6-5-9(2)7-12(11)22-15(13)18-8-17-14/h8-10H,4-7H2,1-3H3/t9-,10+/m1/s1. The molecule has 6 heteroatoms. The number of aromatic nitrogens is 2. The van der Waals surface area contributed by atoms with Crippen LogP contribution >= 0.6 is 23.1 Å². The van der Waals surface area contributed by atoms with Crippen LogP contribution in [0.1, 0.15) is 37.6 Å². The van der Waals surface area contributed by atoms with Crippen molar-refractivity contribution in [1.82, 2.24) is 9.97 Å². The molecule has 0 saturated carbocycles. The van der Waals surface area contributed by atoms with E-state index in [1.165, 1.54) is 28.6 Å². The molecule has 0 spiro atoms. The summed E-state index contributed by atoms with van der Waals surface area (Å²) in [6.07, 6.45) is 5.04. The number of hydrogen-bond donors (Lipinski definition) is 0. The molecule has 0 saturated heterocycles. The molecule has 2 aromatic heterocycles. The zero-order valence-electron chi connectivity index (χ0n) is 13.1. The number of thiophene rings is 1. The molecule has 0 N–H and O–H groups in total. The highest BCUT2D eigenvalue weighted by Gasteiger charge is 2.25. The third-order valence-corrected chi connectivity index (χ3v) is 6.21. The minimum Gasteiger partial charge on any atom is -0.465 e. The third kappa shape index (κ3) is 2.99. The summed E-state index contributed by atoms with van der Waals surface area (Å²) in [7, 11) is 0. The van der Waals surface area contributed by atoms with E-state index in [0.717, 1.165) is 34.0 Å². The first kappa shape index (κ1) is 15.7. The van der Waals surface area contributed by atoms with Gasteiger partial charge in [-0.2, -0.15) is 0 Å². The molecule has 1 aliphatic rings. The monoisotopic (exact) mass is 336 g/mol. The van der Waals surface area contributed by atoms with Gasteiger partial charge in [0.2, 0.25) is 0 Å². The van der Waals surface area contributed by atoms with Crippen molar-refractivity contribution in [2.24, 2.45) is 5.92 Å². The van der Waals surface area contributed by atoms with Gasteiger partial charge in [-0.3, -0.25) is 4.79 Å². The van der Waals surface area contributed by atoms with Crippen molar-refractivity contribution in [2.45, 2.75) is 50.3 Å². The lowest BCUT2D eigenvalue weighted by Gasteiger charge is -2.18. The first-order chi connectivity index (χ1) is 10.6. The maximum Gasteiger partial charge on any atom is 0.319 e. The van der Waals surface area contributed by atoms with Crippen LogP contribution in [0.3, 0.4) is 0 Å². The largest absolute Gasteiger partial charge is 0.465 e. The van der Waals surface area contributed by atoms with E-state index in [-0.39, 0.29) is 11.2 Å². The van der Waals surface area contributed by atoms with Gasteiger partial charge in [0.1, 0.15) is 21.4 Å². The number of aryl methyl sites for hydroxylation is 1. The Balaban J connectivity index is 1.95. The zero-order chi connectivity index (χ0) is 15.7. The van der Waals surface area contributed by atoms with Crippen molar-refractivity contribution in [2.75, 3.05) is 6.61 Å². The second kappa shape index (κ2) is 6.54. The maximum absolute atomic E-state index is 11.9. The Kier molecular flexibility index (Phi) is 4.68. The van der Waals surface area contributed by atoms with E-state index in [1.54, 1.807) is 17.7 Å². The van der Waals surface area contributed by atoms with Gasteiger partial charge in [-0.25, -0.2) is 9.97 Å². The number of carbonyl (C=O) groups excluding carboxylic acids is 1. The number of rotatable bonds is 4. The molecular weight excluding hydrogens is 316 g/mol. The van der Waals surface area contributed by atoms with Gasteiger partial charge in [-0.1, -0.05) is 18.7 Å². The van der Waals surface area contributed by atoms with Crippen LogP contribution in [0, 0.1) is 5.92 Å². The molecule has 0 aliphatic heterocycles. The summed E-state index contributed by atoms with van der Waals surface area (Å²) in [4.78, 5) is 23.2. The average Bonchev–Trinajstić information content (AvgIpc) is 2.85. The molecule has 2 atom stereocenters. The van der Waals surface area contributed by atoms with Gasteiger partial charge in [-0.05, 0) is 44.6 Å². The van der Waals surface area contributed by atoms with Crippen LogP contribution in [0.4, 0.5) is 0 Å². The number of fused-ring (bicyclic) bond motifs is 3. The summed E-state index contributed by atoms with van der Waals surface area (Å²) in [5.74, 6) is 0.556. The van der Waals surface area contributed by atoms with Gasteiger partial charge in [0, 0.05) is 10.3 Å². The molecule has 1 aliphatic carbocycles. The van der Waals surface area contributed by atoms with E-state index in [0.29, 0.717) is 6.61 Å². The molecule has 2 aromatic rings. The minimum absolute atomic E-state index is 0.183. The van der Waals surface area contributed by atoms with Crippen LogP contribution in [-0.4, -0.2) is 27.8 Å². The third-order valence-electron chi connectivity index (χ3n) is 3.96. The highest BCUT2D eigenvalue weighted by Crippen LogP contribution is 2.41. The molecular formula is C16H20N2O2S2. The first-order valence-corrected chi connectivity index (χ1v) is 9.38. The van der Waals surface area contributed by atoms with Gasteiger partial charge in [-0.15, -0.1) is 11.3 Å². The minimum atomic E-state index is -0.254. The fraction of sp³-hybridized carbons (Fsp3) is 0.562. The Labute approximate surface area is 138 Å². The summed E-state index contributed by atoms with van der Waals surface area (Å²) in [5, 5.41) is 1.82. The smallest absolute Gasteiger partial charge is 0.319 e. The van der Waals surface area contributed by atoms with Crippen LogP contribution in [0.2, 0.25) is 0 Å². The predicted octanol–water partition coefficient (Wildman–Crippen LogP) is 3.86. The van der Waals surface area contributed by atoms with Crippen LogP contribution in [0.5, 0.6) is 0 Å². The van der Waals surface area contributed by atoms with Crippen LogP contribution in [0.15, 0.2) is 11.4 Å². The van der Waals surface area contributed by atoms with Gasteiger partial charge in [0.15, 0.2) is 0 Å². The first-order valence-electron chi connectivity index (χ1n) is 7.68. The fourth-order valence-corrected chi connectivity index (χ4v) is 5.17. The second-order valence-electron chi connectivity index (χ2n) is 5.72. The van der Waals surface area contributed by atoms with Crippen molar-refractivity contribution in [3.05, 3.63) is 16.8 Å². The number of hydrogen-bond acceptors (Lipinski definition) is 6. The highest BCUT2D eigenvalue weighted by atomic mass is 32.2. The fourth-order valence-electron chi connectivity index (χ4n) is 2.81. The molecule has 2 heterocycles. The number of carbonyl (C=O) groups is 1. The van der Waals surface area contributed by atoms with Crippen molar-refractivity contribution in [3.8, 4) is 0 Å². The Morgan fingerprint density at radius 2 is 2.36 bits per heavy atom. The van der Waals surface area contributed by atoms with Crippen LogP contribution < -0.4 is 0 Å². The summed E-state index contributed by atoms with van der Waals surface area (Å²) in [6.45, 7) is 6.41. The topological polar surface area (TPSA) is 52.1 Å². The molecule has 0 radical (unpaired) electrons. The molecule has 22 heavy (non-hydrogen) atoms. The molecule has 0 unspecified atom stereocenters. The predicted molar refractivity (Wildman–Crippen MR) is 90.6 cm³/mol. The quantitative estimate of drug-likeness (QED) is 0.482. The van der Waals surface area contributed by atoms with E-state index in [1.807, 2.05) is 13.8 Å². The van der Waals surface area contributed by atoms with Crippen LogP contribution in [0.25, 0.3) is 10.2 Å². The Morgan fingerprint density at radius 3 is 3.14 bits per heavy atom. The molecule has 0 bridgehead atoms. The summed E-state index contributed by atoms with van der Waals surface area (Å²) >= 11 is 3.26. The van der Waals surface area contributed by atoms with Gasteiger partial charge >= 0.3 is 5.97 Å². The van der Waals surface area contributed by atoms with E-state index in [9.17, 15) is 4.79 Å². The highest BCUT2D eigenvalue weighted by molar-refractivity contribution is 8.00. The number of nitrogens with zero attached hydrogens (tertiary/aromatic N) is 2. The summed E-state index contributed by atoms with van der Waals surface area (Å²) in [5.41, 5.74) is 1.40. The SMILES string of the molecule is CCOC(=O)[C@H](C)Sc1ncnc2sc3c(c12)CC[C@@H](C)C3.